The summed E-state index contributed by atoms with van der Waals surface area (Å²) in [5.41, 5.74) is 1.45. The molecule has 2 saturated heterocycles. The molecule has 0 spiro atoms. The number of hydrogen-bond acceptors (Lipinski definition) is 3. The smallest absolute Gasteiger partial charge is 0.0323 e. The highest BCUT2D eigenvalue weighted by molar-refractivity contribution is 14.1. The minimum absolute atomic E-state index is 0.516. The standard InChI is InChI=1S/C18H28IN3/c1-14-13-21(18-7-9-20-10-8-18)11-12-22(14)15(2)16-3-5-17(19)6-4-16/h3-6,14-15,18,20H,7-13H2,1-2H3/t14-,15+/m1/s1. The van der Waals surface area contributed by atoms with E-state index in [1.807, 2.05) is 0 Å². The van der Waals surface area contributed by atoms with E-state index in [1.165, 1.54) is 54.7 Å². The highest BCUT2D eigenvalue weighted by Gasteiger charge is 2.31. The van der Waals surface area contributed by atoms with Gasteiger partial charge in [-0.2, -0.15) is 0 Å². The van der Waals surface area contributed by atoms with Crippen LogP contribution in [0.2, 0.25) is 0 Å². The fourth-order valence-electron chi connectivity index (χ4n) is 4.01. The van der Waals surface area contributed by atoms with Gasteiger partial charge in [-0.05, 0) is 80.1 Å². The third-order valence-corrected chi connectivity index (χ3v) is 6.10. The summed E-state index contributed by atoms with van der Waals surface area (Å²) in [6.07, 6.45) is 2.64. The summed E-state index contributed by atoms with van der Waals surface area (Å²) in [6, 6.07) is 11.0. The summed E-state index contributed by atoms with van der Waals surface area (Å²) in [5.74, 6) is 0. The second-order valence-electron chi connectivity index (χ2n) is 6.79. The minimum atomic E-state index is 0.516. The Balaban J connectivity index is 1.61. The predicted octanol–water partition coefficient (Wildman–Crippen LogP) is 3.11. The average Bonchev–Trinajstić information content (AvgIpc) is 2.56. The molecular formula is C18H28IN3. The molecule has 0 amide bonds. The van der Waals surface area contributed by atoms with Gasteiger partial charge in [-0.3, -0.25) is 9.80 Å². The minimum Gasteiger partial charge on any atom is -0.317 e. The van der Waals surface area contributed by atoms with Gasteiger partial charge >= 0.3 is 0 Å². The summed E-state index contributed by atoms with van der Waals surface area (Å²) >= 11 is 2.38. The Morgan fingerprint density at radius 2 is 1.82 bits per heavy atom. The zero-order valence-electron chi connectivity index (χ0n) is 13.8. The van der Waals surface area contributed by atoms with Crippen molar-refractivity contribution in [2.45, 2.75) is 44.8 Å². The molecule has 0 bridgehead atoms. The van der Waals surface area contributed by atoms with Gasteiger partial charge in [-0.15, -0.1) is 0 Å². The zero-order chi connectivity index (χ0) is 15.5. The lowest BCUT2D eigenvalue weighted by molar-refractivity contribution is 0.0243. The summed E-state index contributed by atoms with van der Waals surface area (Å²) in [6.45, 7) is 10.8. The maximum absolute atomic E-state index is 3.48. The van der Waals surface area contributed by atoms with Gasteiger partial charge in [-0.1, -0.05) is 12.1 Å². The van der Waals surface area contributed by atoms with Crippen molar-refractivity contribution < 1.29 is 0 Å². The average molecular weight is 413 g/mol. The topological polar surface area (TPSA) is 18.5 Å². The highest BCUT2D eigenvalue weighted by atomic mass is 127. The fraction of sp³-hybridized carbons (Fsp3) is 0.667. The molecule has 0 aromatic heterocycles. The maximum Gasteiger partial charge on any atom is 0.0323 e. The first-order chi connectivity index (χ1) is 10.6. The Bertz CT molecular complexity index is 470. The first-order valence-electron chi connectivity index (χ1n) is 8.61. The lowest BCUT2D eigenvalue weighted by Gasteiger charge is -2.46. The molecule has 3 rings (SSSR count). The van der Waals surface area contributed by atoms with E-state index in [0.29, 0.717) is 12.1 Å². The van der Waals surface area contributed by atoms with Crippen molar-refractivity contribution in [3.63, 3.8) is 0 Å². The highest BCUT2D eigenvalue weighted by Crippen LogP contribution is 2.27. The summed E-state index contributed by atoms with van der Waals surface area (Å²) < 4.78 is 1.32. The van der Waals surface area contributed by atoms with Crippen LogP contribution >= 0.6 is 22.6 Å². The van der Waals surface area contributed by atoms with Crippen LogP contribution in [0, 0.1) is 3.57 Å². The number of piperidine rings is 1. The molecular weight excluding hydrogens is 385 g/mol. The molecule has 2 fully saturated rings. The van der Waals surface area contributed by atoms with E-state index < -0.39 is 0 Å². The van der Waals surface area contributed by atoms with Crippen molar-refractivity contribution in [1.82, 2.24) is 15.1 Å². The lowest BCUT2D eigenvalue weighted by Crippen LogP contribution is -2.56. The third kappa shape index (κ3) is 3.83. The van der Waals surface area contributed by atoms with Crippen LogP contribution in [0.1, 0.15) is 38.3 Å². The van der Waals surface area contributed by atoms with E-state index in [-0.39, 0.29) is 0 Å². The van der Waals surface area contributed by atoms with Crippen LogP contribution in [-0.2, 0) is 0 Å². The SMILES string of the molecule is C[C@@H]1CN(C2CCNCC2)CCN1[C@@H](C)c1ccc(I)cc1. The first-order valence-corrected chi connectivity index (χ1v) is 9.69. The van der Waals surface area contributed by atoms with Gasteiger partial charge in [0.2, 0.25) is 0 Å². The maximum atomic E-state index is 3.48. The van der Waals surface area contributed by atoms with Crippen molar-refractivity contribution in [2.24, 2.45) is 0 Å². The van der Waals surface area contributed by atoms with Crippen molar-refractivity contribution in [1.29, 1.82) is 0 Å². The number of benzene rings is 1. The summed E-state index contributed by atoms with van der Waals surface area (Å²) in [4.78, 5) is 5.42. The number of halogens is 1. The van der Waals surface area contributed by atoms with Gasteiger partial charge in [0, 0.05) is 41.3 Å². The van der Waals surface area contributed by atoms with Crippen LogP contribution in [0.4, 0.5) is 0 Å². The second-order valence-corrected chi connectivity index (χ2v) is 8.04. The van der Waals surface area contributed by atoms with Gasteiger partial charge in [0.1, 0.15) is 0 Å². The van der Waals surface area contributed by atoms with E-state index in [1.54, 1.807) is 0 Å². The summed E-state index contributed by atoms with van der Waals surface area (Å²) in [5, 5.41) is 3.48. The molecule has 2 aliphatic rings. The monoisotopic (exact) mass is 413 g/mol. The van der Waals surface area contributed by atoms with E-state index in [2.05, 4.69) is 75.8 Å². The quantitative estimate of drug-likeness (QED) is 0.769. The molecule has 0 aliphatic carbocycles. The Morgan fingerprint density at radius 3 is 2.45 bits per heavy atom. The van der Waals surface area contributed by atoms with Crippen LogP contribution in [0.25, 0.3) is 0 Å². The number of nitrogens with one attached hydrogen (secondary N) is 1. The molecule has 2 heterocycles. The van der Waals surface area contributed by atoms with E-state index in [4.69, 9.17) is 0 Å². The van der Waals surface area contributed by atoms with Gasteiger partial charge in [0.15, 0.2) is 0 Å². The van der Waals surface area contributed by atoms with Gasteiger partial charge in [-0.25, -0.2) is 0 Å². The molecule has 0 unspecified atom stereocenters. The Hall–Kier alpha value is -0.170. The third-order valence-electron chi connectivity index (χ3n) is 5.39. The second kappa shape index (κ2) is 7.60. The molecule has 3 nitrogen and oxygen atoms in total. The van der Waals surface area contributed by atoms with Crippen LogP contribution < -0.4 is 5.32 Å². The molecule has 0 saturated carbocycles. The first kappa shape index (κ1) is 16.7. The Morgan fingerprint density at radius 1 is 1.14 bits per heavy atom. The van der Waals surface area contributed by atoms with Crippen molar-refractivity contribution in [3.8, 4) is 0 Å². The molecule has 2 aliphatic heterocycles. The molecule has 1 N–H and O–H groups in total. The molecule has 4 heteroatoms. The van der Waals surface area contributed by atoms with Crippen molar-refractivity contribution >= 4 is 22.6 Å². The van der Waals surface area contributed by atoms with Crippen LogP contribution in [-0.4, -0.2) is 54.6 Å². The fourth-order valence-corrected chi connectivity index (χ4v) is 4.37. The van der Waals surface area contributed by atoms with Crippen molar-refractivity contribution in [2.75, 3.05) is 32.7 Å². The Labute approximate surface area is 148 Å². The normalized spacial score (nSPS) is 27.0. The van der Waals surface area contributed by atoms with E-state index in [9.17, 15) is 0 Å². The molecule has 0 radical (unpaired) electrons. The van der Waals surface area contributed by atoms with Crippen LogP contribution in [0.5, 0.6) is 0 Å². The predicted molar refractivity (Wildman–Crippen MR) is 101 cm³/mol. The lowest BCUT2D eigenvalue weighted by atomic mass is 10.00. The van der Waals surface area contributed by atoms with Gasteiger partial charge in [0.25, 0.3) is 0 Å². The molecule has 1 aromatic carbocycles. The molecule has 22 heavy (non-hydrogen) atoms. The Kier molecular flexibility index (Phi) is 5.76. The molecule has 2 atom stereocenters. The van der Waals surface area contributed by atoms with Crippen LogP contribution in [0.15, 0.2) is 24.3 Å². The number of piperazine rings is 1. The molecule has 1 aromatic rings. The molecule has 122 valence electrons. The largest absolute Gasteiger partial charge is 0.317 e. The number of rotatable bonds is 3. The number of nitrogens with zero attached hydrogens (tertiary/aromatic N) is 2. The van der Waals surface area contributed by atoms with Crippen LogP contribution in [0.3, 0.4) is 0 Å². The van der Waals surface area contributed by atoms with E-state index in [0.717, 1.165) is 6.04 Å². The zero-order valence-corrected chi connectivity index (χ0v) is 15.9. The van der Waals surface area contributed by atoms with E-state index >= 15 is 0 Å². The van der Waals surface area contributed by atoms with Crippen molar-refractivity contribution in [3.05, 3.63) is 33.4 Å². The summed E-state index contributed by atoms with van der Waals surface area (Å²) in [7, 11) is 0. The van der Waals surface area contributed by atoms with Gasteiger partial charge in [0.05, 0.1) is 0 Å². The number of hydrogen-bond donors (Lipinski definition) is 1. The van der Waals surface area contributed by atoms with Gasteiger partial charge < -0.3 is 5.32 Å².